The average Bonchev–Trinajstić information content (AvgIpc) is 2.96. The molecule has 2 heterocycles. The van der Waals surface area contributed by atoms with Crippen LogP contribution in [-0.4, -0.2) is 15.9 Å². The van der Waals surface area contributed by atoms with Gasteiger partial charge in [0.25, 0.3) is 0 Å². The molecule has 18 heavy (non-hydrogen) atoms. The minimum atomic E-state index is -0.0834. The summed E-state index contributed by atoms with van der Waals surface area (Å²) in [4.78, 5) is 20.2. The number of rotatable bonds is 3. The highest BCUT2D eigenvalue weighted by atomic mass is 32.1. The summed E-state index contributed by atoms with van der Waals surface area (Å²) in [6.45, 7) is 0. The Labute approximate surface area is 111 Å². The van der Waals surface area contributed by atoms with E-state index in [-0.39, 0.29) is 5.91 Å². The topological polar surface area (TPSA) is 54.9 Å². The number of fused-ring (bicyclic) bond motifs is 1. The number of thiazole rings is 2. The summed E-state index contributed by atoms with van der Waals surface area (Å²) in [5, 5.41) is 5.31. The van der Waals surface area contributed by atoms with Gasteiger partial charge >= 0.3 is 0 Å². The maximum Gasteiger partial charge on any atom is 0.232 e. The third-order valence-electron chi connectivity index (χ3n) is 2.37. The summed E-state index contributed by atoms with van der Waals surface area (Å²) >= 11 is 2.96. The number of amides is 1. The lowest BCUT2D eigenvalue weighted by atomic mass is 10.3. The molecule has 0 aliphatic heterocycles. The van der Waals surface area contributed by atoms with E-state index in [1.165, 1.54) is 22.7 Å². The second kappa shape index (κ2) is 4.83. The molecule has 0 aliphatic rings. The van der Waals surface area contributed by atoms with Crippen LogP contribution in [0.1, 0.15) is 5.69 Å². The van der Waals surface area contributed by atoms with Gasteiger partial charge in [0.05, 0.1) is 27.8 Å². The van der Waals surface area contributed by atoms with Crippen LogP contribution in [-0.2, 0) is 11.2 Å². The first-order chi connectivity index (χ1) is 8.81. The van der Waals surface area contributed by atoms with Crippen LogP contribution >= 0.6 is 22.7 Å². The molecule has 0 aliphatic carbocycles. The van der Waals surface area contributed by atoms with Crippen molar-refractivity contribution in [3.8, 4) is 0 Å². The molecule has 6 heteroatoms. The number of carbonyl (C=O) groups is 1. The van der Waals surface area contributed by atoms with Crippen molar-refractivity contribution in [1.82, 2.24) is 9.97 Å². The first-order valence-corrected chi connectivity index (χ1v) is 7.10. The predicted octanol–water partition coefficient (Wildman–Crippen LogP) is 2.93. The fourth-order valence-electron chi connectivity index (χ4n) is 1.58. The fourth-order valence-corrected chi connectivity index (χ4v) is 3.02. The van der Waals surface area contributed by atoms with E-state index >= 15 is 0 Å². The van der Waals surface area contributed by atoms with Crippen molar-refractivity contribution in [3.63, 3.8) is 0 Å². The first-order valence-electron chi connectivity index (χ1n) is 5.34. The Kier molecular flexibility index (Phi) is 3.04. The number of carbonyl (C=O) groups excluding carboxylic acids is 1. The minimum Gasteiger partial charge on any atom is -0.302 e. The molecule has 0 unspecified atom stereocenters. The molecular formula is C12H9N3OS2. The molecule has 0 saturated heterocycles. The molecule has 0 fully saturated rings. The summed E-state index contributed by atoms with van der Waals surface area (Å²) in [7, 11) is 0. The number of aromatic nitrogens is 2. The van der Waals surface area contributed by atoms with Crippen molar-refractivity contribution in [2.24, 2.45) is 0 Å². The molecule has 1 aromatic carbocycles. The van der Waals surface area contributed by atoms with Crippen LogP contribution in [0.5, 0.6) is 0 Å². The molecule has 90 valence electrons. The molecule has 3 rings (SSSR count). The van der Waals surface area contributed by atoms with Crippen LogP contribution < -0.4 is 5.32 Å². The van der Waals surface area contributed by atoms with Crippen molar-refractivity contribution in [2.45, 2.75) is 6.42 Å². The third kappa shape index (κ3) is 2.39. The lowest BCUT2D eigenvalue weighted by Gasteiger charge is -1.98. The zero-order valence-electron chi connectivity index (χ0n) is 9.29. The van der Waals surface area contributed by atoms with Gasteiger partial charge in [0.15, 0.2) is 5.13 Å². The standard InChI is InChI=1S/C12H9N3OS2/c16-11(5-8-6-17-7-13-8)15-12-14-9-3-1-2-4-10(9)18-12/h1-4,6-7H,5H2,(H,14,15,16). The summed E-state index contributed by atoms with van der Waals surface area (Å²) in [6, 6.07) is 7.81. The number of para-hydroxylation sites is 1. The summed E-state index contributed by atoms with van der Waals surface area (Å²) in [5.41, 5.74) is 3.42. The Morgan fingerprint density at radius 2 is 2.22 bits per heavy atom. The van der Waals surface area contributed by atoms with Gasteiger partial charge in [0.1, 0.15) is 0 Å². The Hall–Kier alpha value is -1.79. The highest BCUT2D eigenvalue weighted by Gasteiger charge is 2.09. The van der Waals surface area contributed by atoms with Gasteiger partial charge in [-0.3, -0.25) is 4.79 Å². The van der Waals surface area contributed by atoms with Gasteiger partial charge in [0.2, 0.25) is 5.91 Å². The quantitative estimate of drug-likeness (QED) is 0.799. The molecule has 0 radical (unpaired) electrons. The van der Waals surface area contributed by atoms with E-state index in [2.05, 4.69) is 15.3 Å². The van der Waals surface area contributed by atoms with Gasteiger partial charge in [-0.2, -0.15) is 0 Å². The summed E-state index contributed by atoms with van der Waals surface area (Å²) < 4.78 is 1.07. The number of nitrogens with zero attached hydrogens (tertiary/aromatic N) is 2. The lowest BCUT2D eigenvalue weighted by Crippen LogP contribution is -2.14. The van der Waals surface area contributed by atoms with E-state index in [0.717, 1.165) is 15.9 Å². The van der Waals surface area contributed by atoms with Gasteiger partial charge in [-0.15, -0.1) is 11.3 Å². The van der Waals surface area contributed by atoms with E-state index in [1.807, 2.05) is 29.6 Å². The van der Waals surface area contributed by atoms with E-state index in [1.54, 1.807) is 5.51 Å². The van der Waals surface area contributed by atoms with Crippen molar-refractivity contribution in [2.75, 3.05) is 5.32 Å². The number of anilines is 1. The molecule has 0 saturated carbocycles. The number of hydrogen-bond donors (Lipinski definition) is 1. The average molecular weight is 275 g/mol. The van der Waals surface area contributed by atoms with E-state index in [9.17, 15) is 4.79 Å². The van der Waals surface area contributed by atoms with Gasteiger partial charge < -0.3 is 5.32 Å². The minimum absolute atomic E-state index is 0.0834. The van der Waals surface area contributed by atoms with E-state index in [4.69, 9.17) is 0 Å². The zero-order valence-corrected chi connectivity index (χ0v) is 10.9. The van der Waals surface area contributed by atoms with Crippen LogP contribution in [0.3, 0.4) is 0 Å². The number of nitrogens with one attached hydrogen (secondary N) is 1. The number of hydrogen-bond acceptors (Lipinski definition) is 5. The summed E-state index contributed by atoms with van der Waals surface area (Å²) in [6.07, 6.45) is 0.291. The van der Waals surface area contributed by atoms with Crippen LogP contribution in [0.15, 0.2) is 35.2 Å². The Morgan fingerprint density at radius 1 is 1.33 bits per heavy atom. The molecule has 0 bridgehead atoms. The van der Waals surface area contributed by atoms with Gasteiger partial charge in [-0.05, 0) is 12.1 Å². The highest BCUT2D eigenvalue weighted by Crippen LogP contribution is 2.25. The van der Waals surface area contributed by atoms with Crippen LogP contribution in [0.2, 0.25) is 0 Å². The van der Waals surface area contributed by atoms with Crippen molar-refractivity contribution < 1.29 is 4.79 Å². The molecule has 4 nitrogen and oxygen atoms in total. The Morgan fingerprint density at radius 3 is 3.00 bits per heavy atom. The number of benzene rings is 1. The normalized spacial score (nSPS) is 10.7. The fraction of sp³-hybridized carbons (Fsp3) is 0.0833. The molecule has 0 spiro atoms. The van der Waals surface area contributed by atoms with Crippen LogP contribution in [0, 0.1) is 0 Å². The van der Waals surface area contributed by atoms with Crippen LogP contribution in [0.4, 0.5) is 5.13 Å². The smallest absolute Gasteiger partial charge is 0.232 e. The van der Waals surface area contributed by atoms with Crippen molar-refractivity contribution >= 4 is 43.9 Å². The highest BCUT2D eigenvalue weighted by molar-refractivity contribution is 7.22. The molecule has 1 amide bonds. The lowest BCUT2D eigenvalue weighted by molar-refractivity contribution is -0.115. The Balaban J connectivity index is 1.74. The SMILES string of the molecule is O=C(Cc1cscn1)Nc1nc2ccccc2s1. The molecule has 2 aromatic heterocycles. The van der Waals surface area contributed by atoms with Gasteiger partial charge in [-0.25, -0.2) is 9.97 Å². The molecule has 1 N–H and O–H groups in total. The van der Waals surface area contributed by atoms with Gasteiger partial charge in [0, 0.05) is 5.38 Å². The Bertz CT molecular complexity index is 643. The van der Waals surface area contributed by atoms with E-state index < -0.39 is 0 Å². The summed E-state index contributed by atoms with van der Waals surface area (Å²) in [5.74, 6) is -0.0834. The largest absolute Gasteiger partial charge is 0.302 e. The van der Waals surface area contributed by atoms with E-state index in [0.29, 0.717) is 11.6 Å². The molecular weight excluding hydrogens is 266 g/mol. The zero-order chi connectivity index (χ0) is 12.4. The van der Waals surface area contributed by atoms with Crippen molar-refractivity contribution in [3.05, 3.63) is 40.8 Å². The second-order valence-electron chi connectivity index (χ2n) is 3.69. The van der Waals surface area contributed by atoms with Crippen LogP contribution in [0.25, 0.3) is 10.2 Å². The molecule has 0 atom stereocenters. The maximum absolute atomic E-state index is 11.8. The third-order valence-corrected chi connectivity index (χ3v) is 3.95. The van der Waals surface area contributed by atoms with Crippen molar-refractivity contribution in [1.29, 1.82) is 0 Å². The monoisotopic (exact) mass is 275 g/mol. The second-order valence-corrected chi connectivity index (χ2v) is 5.44. The predicted molar refractivity (Wildman–Crippen MR) is 74.1 cm³/mol. The molecule has 3 aromatic rings. The maximum atomic E-state index is 11.8. The first kappa shape index (κ1) is 11.3. The van der Waals surface area contributed by atoms with Gasteiger partial charge in [-0.1, -0.05) is 23.5 Å².